The molecule has 0 aliphatic rings. The van der Waals surface area contributed by atoms with Gasteiger partial charge in [-0.05, 0) is 87.7 Å². The van der Waals surface area contributed by atoms with Crippen molar-refractivity contribution in [2.75, 3.05) is 18.0 Å². The number of nitrogens with zero attached hydrogens (tertiary/aromatic N) is 2. The molecule has 3 aromatic rings. The topological polar surface area (TPSA) is 96.0 Å². The van der Waals surface area contributed by atoms with Crippen LogP contribution in [0.2, 0.25) is 5.02 Å². The van der Waals surface area contributed by atoms with Gasteiger partial charge < -0.3 is 15.0 Å². The predicted octanol–water partition coefficient (Wildman–Crippen LogP) is 5.49. The highest BCUT2D eigenvalue weighted by Crippen LogP contribution is 2.29. The monoisotopic (exact) mass is 599 g/mol. The van der Waals surface area contributed by atoms with E-state index in [0.717, 1.165) is 21.9 Å². The van der Waals surface area contributed by atoms with Crippen LogP contribution in [0.4, 0.5) is 5.69 Å². The molecule has 0 aliphatic carbocycles. The van der Waals surface area contributed by atoms with E-state index in [4.69, 9.17) is 16.3 Å². The van der Waals surface area contributed by atoms with Crippen LogP contribution < -0.4 is 14.4 Å². The summed E-state index contributed by atoms with van der Waals surface area (Å²) >= 11 is 6.17. The first-order chi connectivity index (χ1) is 19.4. The van der Waals surface area contributed by atoms with Crippen LogP contribution in [0, 0.1) is 13.8 Å². The van der Waals surface area contributed by atoms with E-state index in [-0.39, 0.29) is 23.4 Å². The summed E-state index contributed by atoms with van der Waals surface area (Å²) < 4.78 is 34.4. The molecule has 0 fully saturated rings. The number of carbonyl (C=O) groups excluding carboxylic acids is 2. The Morgan fingerprint density at radius 2 is 1.68 bits per heavy atom. The number of rotatable bonds is 12. The van der Waals surface area contributed by atoms with E-state index in [0.29, 0.717) is 22.0 Å². The number of aryl methyl sites for hydroxylation is 2. The smallest absolute Gasteiger partial charge is 0.264 e. The van der Waals surface area contributed by atoms with Gasteiger partial charge in [0.15, 0.2) is 0 Å². The molecule has 3 rings (SSSR count). The van der Waals surface area contributed by atoms with Gasteiger partial charge in [0.2, 0.25) is 11.8 Å². The zero-order valence-corrected chi connectivity index (χ0v) is 25.9. The number of carbonyl (C=O) groups is 2. The number of methoxy groups -OCH3 is 1. The van der Waals surface area contributed by atoms with Gasteiger partial charge in [0.1, 0.15) is 18.3 Å². The molecule has 0 unspecified atom stereocenters. The Hall–Kier alpha value is -3.56. The third-order valence-corrected chi connectivity index (χ3v) is 8.98. The van der Waals surface area contributed by atoms with E-state index in [1.807, 2.05) is 26.8 Å². The van der Waals surface area contributed by atoms with Gasteiger partial charge >= 0.3 is 0 Å². The summed E-state index contributed by atoms with van der Waals surface area (Å²) in [4.78, 5) is 28.7. The van der Waals surface area contributed by atoms with Crippen molar-refractivity contribution in [3.8, 4) is 5.75 Å². The molecule has 0 aliphatic heterocycles. The molecular weight excluding hydrogens is 562 g/mol. The molecule has 0 bridgehead atoms. The molecule has 0 radical (unpaired) electrons. The molecule has 0 saturated heterocycles. The Balaban J connectivity index is 2.07. The summed E-state index contributed by atoms with van der Waals surface area (Å²) in [6, 6.07) is 17.5. The minimum Gasteiger partial charge on any atom is -0.497 e. The average Bonchev–Trinajstić information content (AvgIpc) is 2.94. The Bertz CT molecular complexity index is 1480. The van der Waals surface area contributed by atoms with Crippen molar-refractivity contribution in [2.24, 2.45) is 0 Å². The van der Waals surface area contributed by atoms with Crippen LogP contribution in [0.15, 0.2) is 71.6 Å². The lowest BCUT2D eigenvalue weighted by Gasteiger charge is -2.33. The minimum atomic E-state index is -4.17. The van der Waals surface area contributed by atoms with Crippen LogP contribution in [0.25, 0.3) is 0 Å². The summed E-state index contributed by atoms with van der Waals surface area (Å²) in [5, 5.41) is 3.38. The van der Waals surface area contributed by atoms with Gasteiger partial charge in [-0.3, -0.25) is 13.9 Å². The second kappa shape index (κ2) is 13.9. The van der Waals surface area contributed by atoms with Crippen molar-refractivity contribution < 1.29 is 22.7 Å². The van der Waals surface area contributed by atoms with Crippen LogP contribution in [-0.4, -0.2) is 50.9 Å². The second-order valence-electron chi connectivity index (χ2n) is 10.1. The van der Waals surface area contributed by atoms with E-state index in [2.05, 4.69) is 5.32 Å². The lowest BCUT2D eigenvalue weighted by molar-refractivity contribution is -0.139. The maximum absolute atomic E-state index is 14.1. The number of nitrogens with one attached hydrogen (secondary N) is 1. The number of anilines is 1. The van der Waals surface area contributed by atoms with E-state index in [1.54, 1.807) is 69.5 Å². The second-order valence-corrected chi connectivity index (χ2v) is 12.4. The maximum atomic E-state index is 14.1. The molecule has 3 aromatic carbocycles. The van der Waals surface area contributed by atoms with Gasteiger partial charge in [0.25, 0.3) is 10.0 Å². The van der Waals surface area contributed by atoms with Gasteiger partial charge in [-0.2, -0.15) is 0 Å². The van der Waals surface area contributed by atoms with E-state index in [1.165, 1.54) is 17.0 Å². The highest BCUT2D eigenvalue weighted by Gasteiger charge is 2.33. The SMILES string of the molecule is CC[C@@H](C)NC(=O)[C@@H](C)N(Cc1cccc(OC)c1)C(=O)CN(c1ccc(Cl)cc1C)S(=O)(=O)c1ccc(C)cc1. The van der Waals surface area contributed by atoms with E-state index >= 15 is 0 Å². The molecule has 0 aromatic heterocycles. The molecule has 10 heteroatoms. The van der Waals surface area contributed by atoms with Crippen molar-refractivity contribution in [1.29, 1.82) is 0 Å². The van der Waals surface area contributed by atoms with Gasteiger partial charge in [-0.25, -0.2) is 8.42 Å². The Labute approximate surface area is 248 Å². The molecule has 0 saturated carbocycles. The Kier molecular flexibility index (Phi) is 10.8. The first-order valence-electron chi connectivity index (χ1n) is 13.5. The normalized spacial score (nSPS) is 12.8. The average molecular weight is 600 g/mol. The van der Waals surface area contributed by atoms with Crippen molar-refractivity contribution in [3.05, 3.63) is 88.4 Å². The molecular formula is C31H38ClN3O5S. The van der Waals surface area contributed by atoms with Gasteiger partial charge in [-0.1, -0.05) is 48.4 Å². The summed E-state index contributed by atoms with van der Waals surface area (Å²) in [6.45, 7) is 8.63. The van der Waals surface area contributed by atoms with Gasteiger partial charge in [0.05, 0.1) is 17.7 Å². The first-order valence-corrected chi connectivity index (χ1v) is 15.3. The molecule has 220 valence electrons. The summed E-state index contributed by atoms with van der Waals surface area (Å²) in [5.74, 6) is -0.261. The van der Waals surface area contributed by atoms with E-state index < -0.39 is 28.5 Å². The number of ether oxygens (including phenoxy) is 1. The number of sulfonamides is 1. The highest BCUT2D eigenvalue weighted by molar-refractivity contribution is 7.92. The summed E-state index contributed by atoms with van der Waals surface area (Å²) in [5.41, 5.74) is 2.54. The first kappa shape index (κ1) is 32.0. The number of amides is 2. The Morgan fingerprint density at radius 1 is 1.00 bits per heavy atom. The quantitative estimate of drug-likeness (QED) is 0.297. The van der Waals surface area contributed by atoms with Crippen LogP contribution in [0.3, 0.4) is 0 Å². The van der Waals surface area contributed by atoms with Crippen LogP contribution in [0.5, 0.6) is 5.75 Å². The van der Waals surface area contributed by atoms with E-state index in [9.17, 15) is 18.0 Å². The van der Waals surface area contributed by atoms with Crippen molar-refractivity contribution >= 4 is 39.1 Å². The lowest BCUT2D eigenvalue weighted by Crippen LogP contribution is -2.52. The van der Waals surface area contributed by atoms with Gasteiger partial charge in [-0.15, -0.1) is 0 Å². The van der Waals surface area contributed by atoms with Crippen LogP contribution >= 0.6 is 11.6 Å². The van der Waals surface area contributed by atoms with Gasteiger partial charge in [0, 0.05) is 17.6 Å². The molecule has 2 atom stereocenters. The fourth-order valence-corrected chi connectivity index (χ4v) is 5.97. The van der Waals surface area contributed by atoms with Crippen molar-refractivity contribution in [1.82, 2.24) is 10.2 Å². The molecule has 2 amide bonds. The Morgan fingerprint density at radius 3 is 2.29 bits per heavy atom. The third kappa shape index (κ3) is 8.01. The molecule has 8 nitrogen and oxygen atoms in total. The minimum absolute atomic E-state index is 0.0483. The number of halogens is 1. The van der Waals surface area contributed by atoms with Crippen molar-refractivity contribution in [2.45, 2.75) is 64.6 Å². The summed E-state index contributed by atoms with van der Waals surface area (Å²) in [6.07, 6.45) is 0.723. The molecule has 1 N–H and O–H groups in total. The maximum Gasteiger partial charge on any atom is 0.264 e. The molecule has 0 heterocycles. The zero-order valence-electron chi connectivity index (χ0n) is 24.3. The molecule has 0 spiro atoms. The fourth-order valence-electron chi connectivity index (χ4n) is 4.27. The third-order valence-electron chi connectivity index (χ3n) is 6.97. The van der Waals surface area contributed by atoms with Crippen molar-refractivity contribution in [3.63, 3.8) is 0 Å². The van der Waals surface area contributed by atoms with Crippen LogP contribution in [-0.2, 0) is 26.2 Å². The van der Waals surface area contributed by atoms with Crippen LogP contribution in [0.1, 0.15) is 43.9 Å². The zero-order chi connectivity index (χ0) is 30.3. The highest BCUT2D eigenvalue weighted by atomic mass is 35.5. The standard InChI is InChI=1S/C31H38ClN3O5S/c1-7-23(4)33-31(37)24(5)34(19-25-9-8-10-27(18-25)40-6)30(36)20-35(29-16-13-26(32)17-22(29)3)41(38,39)28-14-11-21(2)12-15-28/h8-18,23-24H,7,19-20H2,1-6H3,(H,33,37)/t23-,24-/m1/s1. The predicted molar refractivity (Wildman–Crippen MR) is 163 cm³/mol. The fraction of sp³-hybridized carbons (Fsp3) is 0.355. The largest absolute Gasteiger partial charge is 0.497 e. The lowest BCUT2D eigenvalue weighted by atomic mass is 10.1. The number of hydrogen-bond donors (Lipinski definition) is 1. The summed E-state index contributed by atoms with van der Waals surface area (Å²) in [7, 11) is -2.62. The molecule has 41 heavy (non-hydrogen) atoms. The number of hydrogen-bond acceptors (Lipinski definition) is 5. The number of benzene rings is 3.